The number of hydrogen-bond acceptors (Lipinski definition) is 5. The van der Waals surface area contributed by atoms with E-state index in [0.717, 1.165) is 61.2 Å². The number of fused-ring (bicyclic) bond motifs is 1. The number of halogens is 1. The average molecular weight is 601 g/mol. The van der Waals surface area contributed by atoms with E-state index in [1.54, 1.807) is 0 Å². The predicted molar refractivity (Wildman–Crippen MR) is 170 cm³/mol. The van der Waals surface area contributed by atoms with Crippen molar-refractivity contribution in [2.45, 2.75) is 38.5 Å². The summed E-state index contributed by atoms with van der Waals surface area (Å²) in [5.41, 5.74) is 4.47. The molecule has 216 valence electrons. The minimum atomic E-state index is -0.175. The van der Waals surface area contributed by atoms with Crippen LogP contribution in [-0.4, -0.2) is 24.1 Å². The first-order chi connectivity index (χ1) is 20.4. The molecule has 8 heteroatoms. The summed E-state index contributed by atoms with van der Waals surface area (Å²) >= 11 is 7.55. The fourth-order valence-electron chi connectivity index (χ4n) is 4.72. The van der Waals surface area contributed by atoms with Crippen LogP contribution in [0.25, 0.3) is 10.9 Å². The van der Waals surface area contributed by atoms with E-state index < -0.39 is 0 Å². The lowest BCUT2D eigenvalue weighted by atomic mass is 10.1. The number of H-pyrrole nitrogens is 1. The smallest absolute Gasteiger partial charge is 0.278 e. The summed E-state index contributed by atoms with van der Waals surface area (Å²) in [6, 6.07) is 27.0. The van der Waals surface area contributed by atoms with Crippen LogP contribution in [0.15, 0.2) is 89.8 Å². The van der Waals surface area contributed by atoms with Gasteiger partial charge in [-0.25, -0.2) is 0 Å². The Labute approximate surface area is 255 Å². The largest absolute Gasteiger partial charge is 0.494 e. The lowest BCUT2D eigenvalue weighted by molar-refractivity contribution is 0.0979. The van der Waals surface area contributed by atoms with E-state index in [2.05, 4.69) is 9.71 Å². The quantitative estimate of drug-likeness (QED) is 0.110. The molecule has 6 nitrogen and oxygen atoms in total. The van der Waals surface area contributed by atoms with Gasteiger partial charge in [0, 0.05) is 20.8 Å². The molecule has 0 unspecified atom stereocenters. The van der Waals surface area contributed by atoms with E-state index in [9.17, 15) is 4.79 Å². The van der Waals surface area contributed by atoms with Crippen molar-refractivity contribution in [3.05, 3.63) is 112 Å². The van der Waals surface area contributed by atoms with Crippen molar-refractivity contribution in [3.8, 4) is 23.0 Å². The minimum Gasteiger partial charge on any atom is -0.494 e. The number of carbonyl (C=O) groups excluding carboxylic acids is 1. The van der Waals surface area contributed by atoms with E-state index in [0.29, 0.717) is 31.1 Å². The summed E-state index contributed by atoms with van der Waals surface area (Å²) in [5.74, 6) is 2.87. The first-order valence-corrected chi connectivity index (χ1v) is 15.1. The molecule has 0 aliphatic heterocycles. The lowest BCUT2D eigenvalue weighted by Gasteiger charge is -2.11. The number of rotatable bonds is 12. The third kappa shape index (κ3) is 7.22. The molecule has 0 radical (unpaired) electrons. The van der Waals surface area contributed by atoms with Crippen molar-refractivity contribution in [3.63, 3.8) is 0 Å². The maximum atomic E-state index is 13.3. The van der Waals surface area contributed by atoms with Crippen LogP contribution in [-0.2, 0) is 6.42 Å². The van der Waals surface area contributed by atoms with Gasteiger partial charge in [-0.2, -0.15) is 0 Å². The van der Waals surface area contributed by atoms with Gasteiger partial charge in [0.25, 0.3) is 5.91 Å². The predicted octanol–water partition coefficient (Wildman–Crippen LogP) is 9.08. The molecule has 0 aliphatic rings. The molecule has 0 atom stereocenters. The summed E-state index contributed by atoms with van der Waals surface area (Å²) in [7, 11) is 0. The highest BCUT2D eigenvalue weighted by Gasteiger charge is 2.18. The number of aromatic nitrogens is 1. The van der Waals surface area contributed by atoms with Crippen LogP contribution in [0.4, 0.5) is 0 Å². The van der Waals surface area contributed by atoms with Gasteiger partial charge in [0.2, 0.25) is 0 Å². The number of hydrogen-bond donors (Lipinski definition) is 2. The number of aromatic amines is 1. The molecular formula is C34H33ClN2O4S. The van der Waals surface area contributed by atoms with Gasteiger partial charge in [-0.05, 0) is 129 Å². The molecule has 0 spiro atoms. The zero-order valence-corrected chi connectivity index (χ0v) is 25.4. The van der Waals surface area contributed by atoms with E-state index in [4.69, 9.17) is 25.8 Å². The van der Waals surface area contributed by atoms with Gasteiger partial charge in [-0.15, -0.1) is 0 Å². The van der Waals surface area contributed by atoms with Crippen molar-refractivity contribution >= 4 is 40.4 Å². The Bertz CT molecular complexity index is 1640. The second-order valence-electron chi connectivity index (χ2n) is 9.86. The zero-order valence-electron chi connectivity index (χ0n) is 23.8. The molecule has 0 bridgehead atoms. The molecule has 1 aromatic heterocycles. The minimum absolute atomic E-state index is 0.175. The maximum Gasteiger partial charge on any atom is 0.278 e. The van der Waals surface area contributed by atoms with E-state index in [1.807, 2.05) is 106 Å². The fourth-order valence-corrected chi connectivity index (χ4v) is 5.41. The molecule has 0 aliphatic carbocycles. The summed E-state index contributed by atoms with van der Waals surface area (Å²) in [6.07, 6.45) is 1.45. The first kappa shape index (κ1) is 29.4. The van der Waals surface area contributed by atoms with Gasteiger partial charge >= 0.3 is 0 Å². The molecule has 1 heterocycles. The highest BCUT2D eigenvalue weighted by molar-refractivity contribution is 7.98. The van der Waals surface area contributed by atoms with Gasteiger partial charge in [0.1, 0.15) is 28.7 Å². The third-order valence-corrected chi connectivity index (χ3v) is 8.14. The van der Waals surface area contributed by atoms with Crippen molar-refractivity contribution in [2.75, 3.05) is 13.2 Å². The number of ether oxygens (including phenoxy) is 3. The Morgan fingerprint density at radius 1 is 0.857 bits per heavy atom. The second kappa shape index (κ2) is 13.7. The Morgan fingerprint density at radius 3 is 2.19 bits per heavy atom. The van der Waals surface area contributed by atoms with Crippen molar-refractivity contribution in [2.24, 2.45) is 0 Å². The molecular weight excluding hydrogens is 568 g/mol. The molecule has 42 heavy (non-hydrogen) atoms. The normalized spacial score (nSPS) is 11.0. The highest BCUT2D eigenvalue weighted by Crippen LogP contribution is 2.29. The Kier molecular flexibility index (Phi) is 9.62. The van der Waals surface area contributed by atoms with Gasteiger partial charge < -0.3 is 19.2 Å². The van der Waals surface area contributed by atoms with Crippen LogP contribution >= 0.6 is 23.5 Å². The number of benzene rings is 4. The zero-order chi connectivity index (χ0) is 29.5. The molecule has 5 rings (SSSR count). The number of aryl methyl sites for hydroxylation is 3. The number of para-hydroxylation sites is 1. The van der Waals surface area contributed by atoms with Gasteiger partial charge in [-0.1, -0.05) is 29.8 Å². The van der Waals surface area contributed by atoms with Crippen molar-refractivity contribution in [1.29, 1.82) is 0 Å². The SMILES string of the molecule is CCOc1ccc(Oc2ccc(SNC(=O)c3[nH]c4ccccc4c3CCCOc3cc(C)c(Cl)c(C)c3)cc2)cc1. The standard InChI is InChI=1S/C34H33ClN2O4S/c1-4-39-24-11-13-25(14-12-24)41-26-15-17-28(18-16-26)42-37-34(38)33-30(29-8-5-6-10-31(29)36-33)9-7-19-40-27-20-22(2)32(35)23(3)21-27/h5-6,8,10-18,20-21,36H,4,7,9,19H2,1-3H3,(H,37,38). The van der Waals surface area contributed by atoms with Crippen LogP contribution in [0, 0.1) is 13.8 Å². The van der Waals surface area contributed by atoms with E-state index in [-0.39, 0.29) is 5.91 Å². The van der Waals surface area contributed by atoms with Crippen LogP contribution < -0.4 is 18.9 Å². The Morgan fingerprint density at radius 2 is 1.50 bits per heavy atom. The molecule has 1 amide bonds. The molecule has 0 saturated carbocycles. The summed E-state index contributed by atoms with van der Waals surface area (Å²) in [6.45, 7) is 7.05. The average Bonchev–Trinajstić information content (AvgIpc) is 3.37. The topological polar surface area (TPSA) is 72.6 Å². The maximum absolute atomic E-state index is 13.3. The number of amides is 1. The van der Waals surface area contributed by atoms with Crippen molar-refractivity contribution < 1.29 is 19.0 Å². The first-order valence-electron chi connectivity index (χ1n) is 13.9. The van der Waals surface area contributed by atoms with Crippen LogP contribution in [0.2, 0.25) is 5.02 Å². The number of nitrogens with one attached hydrogen (secondary N) is 2. The van der Waals surface area contributed by atoms with E-state index >= 15 is 0 Å². The monoisotopic (exact) mass is 600 g/mol. The van der Waals surface area contributed by atoms with Crippen LogP contribution in [0.3, 0.4) is 0 Å². The van der Waals surface area contributed by atoms with E-state index in [1.165, 1.54) is 11.9 Å². The van der Waals surface area contributed by atoms with Gasteiger partial charge in [0.15, 0.2) is 0 Å². The molecule has 5 aromatic rings. The summed E-state index contributed by atoms with van der Waals surface area (Å²) in [4.78, 5) is 17.5. The van der Waals surface area contributed by atoms with Crippen LogP contribution in [0.1, 0.15) is 40.5 Å². The van der Waals surface area contributed by atoms with Gasteiger partial charge in [0.05, 0.1) is 13.2 Å². The fraction of sp³-hybridized carbons (Fsp3) is 0.206. The Balaban J connectivity index is 1.19. The molecule has 0 saturated heterocycles. The lowest BCUT2D eigenvalue weighted by Crippen LogP contribution is -2.18. The third-order valence-electron chi connectivity index (χ3n) is 6.75. The second-order valence-corrected chi connectivity index (χ2v) is 11.1. The molecule has 4 aromatic carbocycles. The molecule has 2 N–H and O–H groups in total. The summed E-state index contributed by atoms with van der Waals surface area (Å²) in [5, 5.41) is 1.81. The number of carbonyl (C=O) groups is 1. The Hall–Kier alpha value is -4.07. The summed E-state index contributed by atoms with van der Waals surface area (Å²) < 4.78 is 20.4. The highest BCUT2D eigenvalue weighted by atomic mass is 35.5. The van der Waals surface area contributed by atoms with Crippen LogP contribution in [0.5, 0.6) is 23.0 Å². The van der Waals surface area contributed by atoms with Crippen molar-refractivity contribution in [1.82, 2.24) is 9.71 Å². The van der Waals surface area contributed by atoms with Gasteiger partial charge in [-0.3, -0.25) is 9.52 Å². The molecule has 0 fully saturated rings.